The third-order valence-electron chi connectivity index (χ3n) is 5.88. The summed E-state index contributed by atoms with van der Waals surface area (Å²) < 4.78 is 1.92. The lowest BCUT2D eigenvalue weighted by atomic mass is 10.1. The van der Waals surface area contributed by atoms with Crippen LogP contribution in [0, 0.1) is 6.92 Å². The summed E-state index contributed by atoms with van der Waals surface area (Å²) in [5.41, 5.74) is 3.51. The van der Waals surface area contributed by atoms with E-state index in [1.807, 2.05) is 60.0 Å². The van der Waals surface area contributed by atoms with Crippen molar-refractivity contribution in [1.82, 2.24) is 14.3 Å². The van der Waals surface area contributed by atoms with Crippen LogP contribution in [0.3, 0.4) is 0 Å². The van der Waals surface area contributed by atoms with Crippen LogP contribution < -0.4 is 5.32 Å². The lowest BCUT2D eigenvalue weighted by Crippen LogP contribution is -2.48. The Morgan fingerprint density at radius 1 is 1.24 bits per heavy atom. The number of anilines is 1. The number of fused-ring (bicyclic) bond motifs is 2. The van der Waals surface area contributed by atoms with E-state index in [9.17, 15) is 9.59 Å². The predicted octanol–water partition coefficient (Wildman–Crippen LogP) is 3.70. The quantitative estimate of drug-likeness (QED) is 0.720. The number of aryl methyl sites for hydroxylation is 1. The Morgan fingerprint density at radius 3 is 2.83 bits per heavy atom. The molecule has 2 saturated heterocycles. The number of carbonyl (C=O) groups is 2. The molecule has 2 aromatic heterocycles. The molecule has 0 aliphatic carbocycles. The van der Waals surface area contributed by atoms with Crippen LogP contribution in [0.2, 0.25) is 0 Å². The van der Waals surface area contributed by atoms with Crippen molar-refractivity contribution in [2.24, 2.45) is 0 Å². The fourth-order valence-corrected chi connectivity index (χ4v) is 5.77. The Hall–Kier alpha value is -2.80. The smallest absolute Gasteiger partial charge is 0.249 e. The second kappa shape index (κ2) is 6.62. The molecule has 0 bridgehead atoms. The zero-order chi connectivity index (χ0) is 20.2. The first-order valence-corrected chi connectivity index (χ1v) is 10.8. The number of pyridine rings is 1. The molecule has 0 spiro atoms. The maximum Gasteiger partial charge on any atom is 0.249 e. The van der Waals surface area contributed by atoms with Crippen LogP contribution in [0.1, 0.15) is 25.3 Å². The van der Waals surface area contributed by atoms with Crippen LogP contribution in [-0.4, -0.2) is 42.8 Å². The molecule has 5 rings (SSSR count). The van der Waals surface area contributed by atoms with Gasteiger partial charge >= 0.3 is 0 Å². The van der Waals surface area contributed by atoms with Crippen LogP contribution >= 0.6 is 11.8 Å². The summed E-state index contributed by atoms with van der Waals surface area (Å²) in [5, 5.41) is 3.11. The van der Waals surface area contributed by atoms with Crippen molar-refractivity contribution >= 4 is 35.0 Å². The number of rotatable bonds is 3. The highest BCUT2D eigenvalue weighted by molar-refractivity contribution is 8.01. The number of nitrogens with zero attached hydrogens (tertiary/aromatic N) is 3. The number of benzene rings is 1. The van der Waals surface area contributed by atoms with Gasteiger partial charge < -0.3 is 10.2 Å². The van der Waals surface area contributed by atoms with Gasteiger partial charge in [0.25, 0.3) is 0 Å². The van der Waals surface area contributed by atoms with Crippen LogP contribution in [0.4, 0.5) is 5.82 Å². The Balaban J connectivity index is 1.56. The molecular weight excluding hydrogens is 384 g/mol. The van der Waals surface area contributed by atoms with Crippen molar-refractivity contribution in [3.8, 4) is 11.3 Å². The molecule has 1 N–H and O–H groups in total. The molecule has 29 heavy (non-hydrogen) atoms. The van der Waals surface area contributed by atoms with E-state index in [-0.39, 0.29) is 16.7 Å². The number of thioether (sulfide) groups is 1. The average Bonchev–Trinajstić information content (AvgIpc) is 3.35. The highest BCUT2D eigenvalue weighted by Crippen LogP contribution is 2.47. The number of hydrogen-bond donors (Lipinski definition) is 1. The third kappa shape index (κ3) is 2.83. The minimum atomic E-state index is -0.459. The highest BCUT2D eigenvalue weighted by Gasteiger charge is 2.53. The summed E-state index contributed by atoms with van der Waals surface area (Å²) in [7, 11) is 0. The van der Waals surface area contributed by atoms with E-state index < -0.39 is 6.04 Å². The van der Waals surface area contributed by atoms with E-state index in [1.54, 1.807) is 16.7 Å². The van der Waals surface area contributed by atoms with E-state index in [0.717, 1.165) is 28.9 Å². The summed E-state index contributed by atoms with van der Waals surface area (Å²) in [6.45, 7) is 4.06. The van der Waals surface area contributed by atoms with Crippen molar-refractivity contribution in [3.63, 3.8) is 0 Å². The number of carbonyl (C=O) groups excluding carboxylic acids is 2. The van der Waals surface area contributed by atoms with E-state index in [4.69, 9.17) is 4.98 Å². The molecule has 0 radical (unpaired) electrons. The van der Waals surface area contributed by atoms with E-state index in [0.29, 0.717) is 18.0 Å². The van der Waals surface area contributed by atoms with Gasteiger partial charge in [0.2, 0.25) is 11.8 Å². The van der Waals surface area contributed by atoms with E-state index in [2.05, 4.69) is 12.2 Å². The second-order valence-electron chi connectivity index (χ2n) is 7.81. The maximum absolute atomic E-state index is 13.3. The molecule has 1 aromatic carbocycles. The maximum atomic E-state index is 13.3. The molecule has 2 aliphatic rings. The van der Waals surface area contributed by atoms with E-state index in [1.165, 1.54) is 0 Å². The molecule has 2 amide bonds. The van der Waals surface area contributed by atoms with Gasteiger partial charge in [-0.3, -0.25) is 14.0 Å². The highest BCUT2D eigenvalue weighted by atomic mass is 32.2. The fourth-order valence-electron chi connectivity index (χ4n) is 4.34. The Bertz CT molecular complexity index is 1130. The van der Waals surface area contributed by atoms with Gasteiger partial charge in [-0.25, -0.2) is 4.98 Å². The summed E-state index contributed by atoms with van der Waals surface area (Å²) in [5.74, 6) is 1.17. The molecule has 2 fully saturated rings. The standard InChI is InChI=1S/C22H22N4O2S/c1-14-7-6-12-25-19(14)23-18(15-8-4-3-5-9-15)20(25)24-21(28)16-13-29-22(2)11-10-17(27)26(16)22/h3-9,12,16H,10-11,13H2,1-2H3,(H,24,28)/t16-,22-/m1/s1. The predicted molar refractivity (Wildman–Crippen MR) is 115 cm³/mol. The van der Waals surface area contributed by atoms with Gasteiger partial charge in [-0.05, 0) is 31.9 Å². The van der Waals surface area contributed by atoms with Crippen molar-refractivity contribution in [1.29, 1.82) is 0 Å². The molecule has 2 aliphatic heterocycles. The van der Waals surface area contributed by atoms with Crippen LogP contribution in [0.15, 0.2) is 48.7 Å². The molecule has 148 valence electrons. The molecule has 6 nitrogen and oxygen atoms in total. The molecule has 4 heterocycles. The molecule has 3 aromatic rings. The van der Waals surface area contributed by atoms with Crippen LogP contribution in [0.5, 0.6) is 0 Å². The number of hydrogen-bond acceptors (Lipinski definition) is 4. The lowest BCUT2D eigenvalue weighted by molar-refractivity contribution is -0.135. The average molecular weight is 407 g/mol. The minimum absolute atomic E-state index is 0.0647. The first kappa shape index (κ1) is 18.2. The van der Waals surface area contributed by atoms with Gasteiger partial charge in [0.1, 0.15) is 23.2 Å². The molecule has 0 saturated carbocycles. The number of amides is 2. The largest absolute Gasteiger partial charge is 0.315 e. The van der Waals surface area contributed by atoms with Crippen molar-refractivity contribution < 1.29 is 9.59 Å². The zero-order valence-electron chi connectivity index (χ0n) is 16.4. The molecule has 0 unspecified atom stereocenters. The van der Waals surface area contributed by atoms with E-state index >= 15 is 0 Å². The Kier molecular flexibility index (Phi) is 4.17. The van der Waals surface area contributed by atoms with Crippen molar-refractivity contribution in [3.05, 3.63) is 54.2 Å². The van der Waals surface area contributed by atoms with Gasteiger partial charge in [-0.1, -0.05) is 36.4 Å². The Labute approximate surface area is 173 Å². The Morgan fingerprint density at radius 2 is 2.03 bits per heavy atom. The SMILES string of the molecule is Cc1cccn2c(NC(=O)[C@H]3CS[C@]4(C)CCC(=O)N34)c(-c3ccccc3)nc12. The monoisotopic (exact) mass is 406 g/mol. The van der Waals surface area contributed by atoms with Gasteiger partial charge in [-0.2, -0.15) is 0 Å². The fraction of sp³-hybridized carbons (Fsp3) is 0.318. The first-order chi connectivity index (χ1) is 14.0. The topological polar surface area (TPSA) is 66.7 Å². The summed E-state index contributed by atoms with van der Waals surface area (Å²) in [4.78, 5) is 32.1. The van der Waals surface area contributed by atoms with Gasteiger partial charge in [0.05, 0.1) is 4.87 Å². The third-order valence-corrected chi connectivity index (χ3v) is 7.39. The van der Waals surface area contributed by atoms with Crippen molar-refractivity contribution in [2.75, 3.05) is 11.1 Å². The minimum Gasteiger partial charge on any atom is -0.315 e. The number of nitrogens with one attached hydrogen (secondary N) is 1. The lowest BCUT2D eigenvalue weighted by Gasteiger charge is -2.29. The van der Waals surface area contributed by atoms with Crippen molar-refractivity contribution in [2.45, 2.75) is 37.6 Å². The van der Waals surface area contributed by atoms with Crippen LogP contribution in [0.25, 0.3) is 16.9 Å². The molecular formula is C22H22N4O2S. The van der Waals surface area contributed by atoms with Gasteiger partial charge in [0, 0.05) is 23.9 Å². The van der Waals surface area contributed by atoms with Gasteiger partial charge in [-0.15, -0.1) is 11.8 Å². The second-order valence-corrected chi connectivity index (χ2v) is 9.32. The zero-order valence-corrected chi connectivity index (χ0v) is 17.2. The van der Waals surface area contributed by atoms with Gasteiger partial charge in [0.15, 0.2) is 0 Å². The summed E-state index contributed by atoms with van der Waals surface area (Å²) in [6, 6.07) is 13.3. The first-order valence-electron chi connectivity index (χ1n) is 9.78. The molecule has 2 atom stereocenters. The molecule has 7 heteroatoms. The van der Waals surface area contributed by atoms with Crippen LogP contribution in [-0.2, 0) is 9.59 Å². The number of aromatic nitrogens is 2. The normalized spacial score (nSPS) is 23.6. The summed E-state index contributed by atoms with van der Waals surface area (Å²) >= 11 is 1.70. The number of imidazole rings is 1. The summed E-state index contributed by atoms with van der Waals surface area (Å²) in [6.07, 6.45) is 3.22.